The van der Waals surface area contributed by atoms with Crippen molar-refractivity contribution in [2.24, 2.45) is 0 Å². The summed E-state index contributed by atoms with van der Waals surface area (Å²) in [6, 6.07) is -8.23. The summed E-state index contributed by atoms with van der Waals surface area (Å²) in [5.41, 5.74) is 0. The van der Waals surface area contributed by atoms with Crippen LogP contribution in [0.3, 0.4) is 0 Å². The van der Waals surface area contributed by atoms with E-state index in [1.54, 1.807) is 5.32 Å². The molecule has 10 atom stereocenters. The Balaban J connectivity index is 5.99. The molecule has 0 saturated heterocycles. The molecular weight excluding hydrogens is 596 g/mol. The maximum absolute atomic E-state index is 12.7. The first-order valence-corrected chi connectivity index (χ1v) is 12.6. The van der Waals surface area contributed by atoms with Gasteiger partial charge in [-0.1, -0.05) is 0 Å². The van der Waals surface area contributed by atoms with Gasteiger partial charge in [0.1, 0.15) is 60.8 Å². The number of nitrogens with one attached hydrogen (secondary N) is 4. The second-order valence-corrected chi connectivity index (χ2v) is 9.24. The van der Waals surface area contributed by atoms with Crippen LogP contribution < -0.4 is 21.3 Å². The van der Waals surface area contributed by atoms with E-state index in [-0.39, 0.29) is 0 Å². The third-order valence-corrected chi connectivity index (χ3v) is 5.95. The molecule has 20 nitrogen and oxygen atoms in total. The van der Waals surface area contributed by atoms with Gasteiger partial charge in [0, 0.05) is 12.7 Å². The van der Waals surface area contributed by atoms with Crippen LogP contribution in [0.4, 0.5) is 0 Å². The summed E-state index contributed by atoms with van der Waals surface area (Å²) < 4.78 is 0. The van der Waals surface area contributed by atoms with Crippen molar-refractivity contribution in [2.75, 3.05) is 19.0 Å². The predicted octanol–water partition coefficient (Wildman–Crippen LogP) is -8.42. The third-order valence-electron chi connectivity index (χ3n) is 5.59. The minimum Gasteiger partial charge on any atom is -0.480 e. The fourth-order valence-corrected chi connectivity index (χ4v) is 3.47. The first-order valence-electron chi connectivity index (χ1n) is 12.0. The van der Waals surface area contributed by atoms with Crippen LogP contribution in [0.1, 0.15) is 13.3 Å². The molecule has 42 heavy (non-hydrogen) atoms. The van der Waals surface area contributed by atoms with E-state index >= 15 is 0 Å². The molecule has 0 aromatic heterocycles. The average molecular weight is 633 g/mol. The van der Waals surface area contributed by atoms with Crippen molar-refractivity contribution in [3.63, 3.8) is 0 Å². The van der Waals surface area contributed by atoms with Crippen molar-refractivity contribution in [1.29, 1.82) is 0 Å². The van der Waals surface area contributed by atoms with Gasteiger partial charge in [0.15, 0.2) is 0 Å². The highest BCUT2D eigenvalue weighted by atomic mass is 32.1. The van der Waals surface area contributed by atoms with Crippen molar-refractivity contribution >= 4 is 48.2 Å². The Kier molecular flexibility index (Phi) is 17.0. The van der Waals surface area contributed by atoms with Gasteiger partial charge < -0.3 is 72.3 Å². The molecule has 0 radical (unpaired) electrons. The molecule has 0 aromatic rings. The molecule has 0 spiro atoms. The lowest BCUT2D eigenvalue weighted by atomic mass is 9.99. The number of hydrogen-bond donors (Lipinski definition) is 15. The minimum absolute atomic E-state index is 0.474. The smallest absolute Gasteiger partial charge is 0.327 e. The van der Waals surface area contributed by atoms with Crippen LogP contribution in [0.25, 0.3) is 0 Å². The lowest BCUT2D eigenvalue weighted by Gasteiger charge is -2.30. The number of hydrogen-bond acceptors (Lipinski definition) is 15. The van der Waals surface area contributed by atoms with E-state index in [0.717, 1.165) is 6.92 Å². The average Bonchev–Trinajstić information content (AvgIpc) is 2.93. The van der Waals surface area contributed by atoms with Gasteiger partial charge in [-0.25, -0.2) is 9.59 Å². The number of aliphatic hydroxyl groups is 8. The number of rotatable bonds is 19. The molecule has 0 heterocycles. The minimum atomic E-state index is -2.40. The second kappa shape index (κ2) is 18.4. The van der Waals surface area contributed by atoms with Crippen molar-refractivity contribution < 1.29 is 79.8 Å². The molecule has 0 fully saturated rings. The van der Waals surface area contributed by atoms with Crippen molar-refractivity contribution in [2.45, 2.75) is 74.1 Å². The number of aliphatic hydroxyl groups excluding tert-OH is 8. The lowest BCUT2D eigenvalue weighted by Crippen LogP contribution is -2.62. The second-order valence-electron chi connectivity index (χ2n) is 8.87. The zero-order chi connectivity index (χ0) is 32.9. The summed E-state index contributed by atoms with van der Waals surface area (Å²) in [7, 11) is 0. The molecule has 242 valence electrons. The Hall–Kier alpha value is -3.15. The number of aliphatic carboxylic acids is 2. The standard InChI is InChI=1S/C21H36N4O16S/c1-6(28)22-12(16(34)14(32)9(29)3-26)18(36)23-7(20(38)39)2-11(31)25-13(17(35)15(33)10(30)4-27)19(37)24-8(5-42)21(40)41/h7-10,12-17,26-27,29-30,32-35,42H,2-5H2,1H3,(H,22,28)(H,23,36)(H,24,37)(H,25,31)(H,38,39)(H,40,41)/t7-,8-,9+,10+,12-,13-,14+,15+,16+,17+/m0/s1. The Morgan fingerprint density at radius 3 is 1.33 bits per heavy atom. The van der Waals surface area contributed by atoms with Crippen LogP contribution in [0.15, 0.2) is 0 Å². The van der Waals surface area contributed by atoms with Gasteiger partial charge in [0.25, 0.3) is 0 Å². The summed E-state index contributed by atoms with van der Waals surface area (Å²) >= 11 is 3.73. The van der Waals surface area contributed by atoms with Gasteiger partial charge >= 0.3 is 11.9 Å². The zero-order valence-corrected chi connectivity index (χ0v) is 22.9. The van der Waals surface area contributed by atoms with E-state index in [9.17, 15) is 64.5 Å². The van der Waals surface area contributed by atoms with Crippen molar-refractivity contribution in [3.05, 3.63) is 0 Å². The summed E-state index contributed by atoms with van der Waals surface area (Å²) in [5.74, 6) is -9.26. The van der Waals surface area contributed by atoms with Crippen LogP contribution in [0.2, 0.25) is 0 Å². The van der Waals surface area contributed by atoms with Crippen LogP contribution in [-0.2, 0) is 28.8 Å². The Morgan fingerprint density at radius 1 is 0.619 bits per heavy atom. The number of carbonyl (C=O) groups excluding carboxylic acids is 4. The van der Waals surface area contributed by atoms with Crippen LogP contribution in [0, 0.1) is 0 Å². The Bertz CT molecular complexity index is 957. The summed E-state index contributed by atoms with van der Waals surface area (Å²) in [6.45, 7) is -1.31. The fourth-order valence-electron chi connectivity index (χ4n) is 3.22. The van der Waals surface area contributed by atoms with Gasteiger partial charge in [0.2, 0.25) is 23.6 Å². The molecule has 0 aliphatic heterocycles. The monoisotopic (exact) mass is 632 g/mol. The van der Waals surface area contributed by atoms with Crippen LogP contribution in [-0.4, -0.2) is 166 Å². The highest BCUT2D eigenvalue weighted by molar-refractivity contribution is 7.80. The molecule has 14 N–H and O–H groups in total. The molecule has 0 bridgehead atoms. The number of thiol groups is 1. The van der Waals surface area contributed by atoms with Gasteiger partial charge in [-0.3, -0.25) is 19.2 Å². The molecule has 0 rings (SSSR count). The first kappa shape index (κ1) is 38.9. The quantitative estimate of drug-likeness (QED) is 0.0588. The van der Waals surface area contributed by atoms with E-state index < -0.39 is 122 Å². The highest BCUT2D eigenvalue weighted by Crippen LogP contribution is 2.09. The first-order chi connectivity index (χ1) is 19.4. The van der Waals surface area contributed by atoms with Crippen LogP contribution >= 0.6 is 12.6 Å². The SMILES string of the molecule is CC(=O)N[C@H](C(=O)N[C@@H](CC(=O)N[C@H](C(=O)N[C@@H](CS)C(=O)O)[C@@H](O)[C@H](O)[C@H](O)CO)C(=O)O)[C@@H](O)[C@H](O)[C@H](O)CO. The molecule has 0 aliphatic rings. The highest BCUT2D eigenvalue weighted by Gasteiger charge is 2.40. The normalized spacial score (nSPS) is 18.4. The van der Waals surface area contributed by atoms with Gasteiger partial charge in [-0.15, -0.1) is 0 Å². The Morgan fingerprint density at radius 2 is 1.00 bits per heavy atom. The number of amides is 4. The van der Waals surface area contributed by atoms with E-state index in [0.29, 0.717) is 0 Å². The lowest BCUT2D eigenvalue weighted by molar-refractivity contribution is -0.147. The maximum atomic E-state index is 12.7. The zero-order valence-electron chi connectivity index (χ0n) is 22.0. The van der Waals surface area contributed by atoms with Crippen molar-refractivity contribution in [1.82, 2.24) is 21.3 Å². The van der Waals surface area contributed by atoms with Gasteiger partial charge in [-0.05, 0) is 0 Å². The summed E-state index contributed by atoms with van der Waals surface area (Å²) in [4.78, 5) is 72.5. The third kappa shape index (κ3) is 12.0. The van der Waals surface area contributed by atoms with Crippen LogP contribution in [0.5, 0.6) is 0 Å². The molecular formula is C21H36N4O16S. The van der Waals surface area contributed by atoms with E-state index in [1.165, 1.54) is 0 Å². The summed E-state index contributed by atoms with van der Waals surface area (Å²) in [5, 5.41) is 104. The molecule has 21 heteroatoms. The van der Waals surface area contributed by atoms with E-state index in [1.807, 2.05) is 16.0 Å². The fraction of sp³-hybridized carbons (Fsp3) is 0.714. The number of carboxylic acid groups (broad SMARTS) is 2. The summed E-state index contributed by atoms with van der Waals surface area (Å²) in [6.07, 6.45) is -14.5. The molecule has 0 unspecified atom stereocenters. The maximum Gasteiger partial charge on any atom is 0.327 e. The molecule has 0 aliphatic carbocycles. The molecule has 4 amide bonds. The predicted molar refractivity (Wildman–Crippen MR) is 137 cm³/mol. The number of carboxylic acids is 2. The molecule has 0 aromatic carbocycles. The van der Waals surface area contributed by atoms with Gasteiger partial charge in [-0.2, -0.15) is 12.6 Å². The Labute approximate surface area is 242 Å². The van der Waals surface area contributed by atoms with Gasteiger partial charge in [0.05, 0.1) is 19.6 Å². The number of carbonyl (C=O) groups is 6. The largest absolute Gasteiger partial charge is 0.480 e. The molecule has 0 saturated carbocycles. The topological polar surface area (TPSA) is 353 Å². The van der Waals surface area contributed by atoms with E-state index in [4.69, 9.17) is 15.3 Å². The van der Waals surface area contributed by atoms with E-state index in [2.05, 4.69) is 12.6 Å². The van der Waals surface area contributed by atoms with Crippen molar-refractivity contribution in [3.8, 4) is 0 Å².